The van der Waals surface area contributed by atoms with Gasteiger partial charge in [0.2, 0.25) is 0 Å². The Morgan fingerprint density at radius 2 is 1.85 bits per heavy atom. The molecule has 2 rings (SSSR count). The summed E-state index contributed by atoms with van der Waals surface area (Å²) in [5.41, 5.74) is 0.366. The van der Waals surface area contributed by atoms with Crippen molar-refractivity contribution in [1.82, 2.24) is 15.5 Å². The van der Waals surface area contributed by atoms with Crippen LogP contribution in [0.15, 0.2) is 4.99 Å². The van der Waals surface area contributed by atoms with Gasteiger partial charge >= 0.3 is 0 Å². The summed E-state index contributed by atoms with van der Waals surface area (Å²) < 4.78 is 5.64. The van der Waals surface area contributed by atoms with Crippen molar-refractivity contribution in [3.8, 4) is 0 Å². The molecule has 0 radical (unpaired) electrons. The maximum Gasteiger partial charge on any atom is 0.191 e. The molecule has 1 aliphatic carbocycles. The number of aliphatic imine (C=N–C) groups is 1. The maximum atomic E-state index is 5.64. The SMILES string of the molecule is CCNC(=NCC1(CCOCC)CCCC1)NCCC1CCN(CC)CC1. The predicted octanol–water partition coefficient (Wildman–Crippen LogP) is 3.65. The molecule has 27 heavy (non-hydrogen) atoms. The van der Waals surface area contributed by atoms with Crippen LogP contribution < -0.4 is 10.6 Å². The van der Waals surface area contributed by atoms with Crippen LogP contribution >= 0.6 is 0 Å². The number of guanidine groups is 1. The minimum atomic E-state index is 0.366. The number of likely N-dealkylation sites (tertiary alicyclic amines) is 1. The van der Waals surface area contributed by atoms with Crippen LogP contribution in [0.2, 0.25) is 0 Å². The number of hydrogen-bond donors (Lipinski definition) is 2. The summed E-state index contributed by atoms with van der Waals surface area (Å²) in [5.74, 6) is 1.88. The molecule has 0 amide bonds. The van der Waals surface area contributed by atoms with E-state index in [0.717, 1.165) is 51.1 Å². The normalized spacial score (nSPS) is 21.5. The zero-order valence-electron chi connectivity index (χ0n) is 18.2. The molecular weight excluding hydrogens is 336 g/mol. The molecule has 0 spiro atoms. The number of piperidine rings is 1. The van der Waals surface area contributed by atoms with Gasteiger partial charge in [-0.25, -0.2) is 0 Å². The zero-order valence-corrected chi connectivity index (χ0v) is 18.2. The number of ether oxygens (including phenoxy) is 1. The summed E-state index contributed by atoms with van der Waals surface area (Å²) in [5, 5.41) is 7.04. The molecular formula is C22H44N4O. The Hall–Kier alpha value is -0.810. The van der Waals surface area contributed by atoms with Crippen LogP contribution in [-0.4, -0.2) is 63.3 Å². The van der Waals surface area contributed by atoms with Crippen molar-refractivity contribution < 1.29 is 4.74 Å². The first-order chi connectivity index (χ1) is 13.2. The van der Waals surface area contributed by atoms with E-state index in [9.17, 15) is 0 Å². The highest BCUT2D eigenvalue weighted by atomic mass is 16.5. The molecule has 1 saturated heterocycles. The highest BCUT2D eigenvalue weighted by molar-refractivity contribution is 5.79. The van der Waals surface area contributed by atoms with Crippen LogP contribution in [0.25, 0.3) is 0 Å². The van der Waals surface area contributed by atoms with E-state index in [1.165, 1.54) is 64.6 Å². The van der Waals surface area contributed by atoms with Gasteiger partial charge in [-0.3, -0.25) is 4.99 Å². The lowest BCUT2D eigenvalue weighted by Crippen LogP contribution is -2.40. The maximum absolute atomic E-state index is 5.64. The van der Waals surface area contributed by atoms with Gasteiger partial charge in [-0.15, -0.1) is 0 Å². The first-order valence-corrected chi connectivity index (χ1v) is 11.5. The van der Waals surface area contributed by atoms with E-state index in [1.54, 1.807) is 0 Å². The van der Waals surface area contributed by atoms with Crippen LogP contribution in [0.5, 0.6) is 0 Å². The molecule has 2 N–H and O–H groups in total. The Labute approximate surface area is 167 Å². The number of nitrogens with one attached hydrogen (secondary N) is 2. The van der Waals surface area contributed by atoms with E-state index in [0.29, 0.717) is 5.41 Å². The molecule has 1 aliphatic heterocycles. The van der Waals surface area contributed by atoms with E-state index < -0.39 is 0 Å². The second-order valence-electron chi connectivity index (χ2n) is 8.44. The number of nitrogens with zero attached hydrogens (tertiary/aromatic N) is 2. The average Bonchev–Trinajstić information content (AvgIpc) is 3.16. The molecule has 0 unspecified atom stereocenters. The Balaban J connectivity index is 1.77. The molecule has 158 valence electrons. The summed E-state index contributed by atoms with van der Waals surface area (Å²) in [6.45, 7) is 14.9. The summed E-state index contributed by atoms with van der Waals surface area (Å²) in [6.07, 6.45) is 10.4. The number of hydrogen-bond acceptors (Lipinski definition) is 3. The van der Waals surface area contributed by atoms with Crippen LogP contribution in [0.4, 0.5) is 0 Å². The van der Waals surface area contributed by atoms with Gasteiger partial charge in [0.15, 0.2) is 5.96 Å². The fourth-order valence-corrected chi connectivity index (χ4v) is 4.62. The van der Waals surface area contributed by atoms with E-state index in [1.807, 2.05) is 0 Å². The number of rotatable bonds is 11. The molecule has 0 bridgehead atoms. The second-order valence-corrected chi connectivity index (χ2v) is 8.44. The quantitative estimate of drug-likeness (QED) is 0.326. The molecule has 0 aromatic carbocycles. The van der Waals surface area contributed by atoms with Gasteiger partial charge in [0.05, 0.1) is 0 Å². The monoisotopic (exact) mass is 380 g/mol. The summed E-state index contributed by atoms with van der Waals surface area (Å²) in [4.78, 5) is 7.55. The van der Waals surface area contributed by atoms with Crippen LogP contribution in [0.3, 0.4) is 0 Å². The highest BCUT2D eigenvalue weighted by Gasteiger charge is 2.33. The van der Waals surface area contributed by atoms with Crippen molar-refractivity contribution in [1.29, 1.82) is 0 Å². The van der Waals surface area contributed by atoms with Gasteiger partial charge in [0, 0.05) is 32.8 Å². The fraction of sp³-hybridized carbons (Fsp3) is 0.955. The molecule has 0 aromatic rings. The van der Waals surface area contributed by atoms with Gasteiger partial charge in [-0.2, -0.15) is 0 Å². The summed E-state index contributed by atoms with van der Waals surface area (Å²) in [6, 6.07) is 0. The first kappa shape index (κ1) is 22.5. The van der Waals surface area contributed by atoms with Crippen LogP contribution in [0.1, 0.15) is 72.1 Å². The van der Waals surface area contributed by atoms with E-state index in [4.69, 9.17) is 9.73 Å². The van der Waals surface area contributed by atoms with Crippen molar-refractivity contribution in [2.45, 2.75) is 72.1 Å². The van der Waals surface area contributed by atoms with Crippen LogP contribution in [-0.2, 0) is 4.74 Å². The lowest BCUT2D eigenvalue weighted by molar-refractivity contribution is 0.107. The summed E-state index contributed by atoms with van der Waals surface area (Å²) >= 11 is 0. The van der Waals surface area contributed by atoms with Gasteiger partial charge < -0.3 is 20.3 Å². The topological polar surface area (TPSA) is 48.9 Å². The second kappa shape index (κ2) is 12.6. The Morgan fingerprint density at radius 1 is 1.11 bits per heavy atom. The van der Waals surface area contributed by atoms with Crippen molar-refractivity contribution in [3.05, 3.63) is 0 Å². The third kappa shape index (κ3) is 7.98. The van der Waals surface area contributed by atoms with Crippen molar-refractivity contribution in [2.24, 2.45) is 16.3 Å². The molecule has 0 aromatic heterocycles. The summed E-state index contributed by atoms with van der Waals surface area (Å²) in [7, 11) is 0. The fourth-order valence-electron chi connectivity index (χ4n) is 4.62. The molecule has 2 fully saturated rings. The van der Waals surface area contributed by atoms with Crippen molar-refractivity contribution in [3.63, 3.8) is 0 Å². The Kier molecular flexibility index (Phi) is 10.5. The third-order valence-corrected chi connectivity index (χ3v) is 6.56. The lowest BCUT2D eigenvalue weighted by atomic mass is 9.83. The molecule has 0 atom stereocenters. The molecule has 5 nitrogen and oxygen atoms in total. The third-order valence-electron chi connectivity index (χ3n) is 6.56. The van der Waals surface area contributed by atoms with E-state index in [2.05, 4.69) is 36.3 Å². The van der Waals surface area contributed by atoms with Gasteiger partial charge in [-0.05, 0) is 83.3 Å². The van der Waals surface area contributed by atoms with E-state index in [-0.39, 0.29) is 0 Å². The Bertz CT molecular complexity index is 413. The van der Waals surface area contributed by atoms with Crippen molar-refractivity contribution in [2.75, 3.05) is 52.5 Å². The molecule has 2 aliphatic rings. The largest absolute Gasteiger partial charge is 0.382 e. The standard InChI is InChI=1S/C22H44N4O/c1-4-23-21(24-15-9-20-10-16-26(5-2)17-11-20)25-19-22(12-7-8-13-22)14-18-27-6-3/h20H,4-19H2,1-3H3,(H2,23,24,25). The average molecular weight is 381 g/mol. The molecule has 5 heteroatoms. The highest BCUT2D eigenvalue weighted by Crippen LogP contribution is 2.41. The minimum absolute atomic E-state index is 0.366. The van der Waals surface area contributed by atoms with Crippen LogP contribution in [0, 0.1) is 11.3 Å². The lowest BCUT2D eigenvalue weighted by Gasteiger charge is -2.31. The van der Waals surface area contributed by atoms with Gasteiger partial charge in [0.1, 0.15) is 0 Å². The predicted molar refractivity (Wildman–Crippen MR) is 115 cm³/mol. The first-order valence-electron chi connectivity index (χ1n) is 11.5. The smallest absolute Gasteiger partial charge is 0.191 e. The van der Waals surface area contributed by atoms with E-state index >= 15 is 0 Å². The van der Waals surface area contributed by atoms with Gasteiger partial charge in [0.25, 0.3) is 0 Å². The zero-order chi connectivity index (χ0) is 19.4. The molecule has 1 heterocycles. The Morgan fingerprint density at radius 3 is 2.48 bits per heavy atom. The van der Waals surface area contributed by atoms with Crippen molar-refractivity contribution >= 4 is 5.96 Å². The molecule has 1 saturated carbocycles. The minimum Gasteiger partial charge on any atom is -0.382 e. The van der Waals surface area contributed by atoms with Gasteiger partial charge in [-0.1, -0.05) is 19.8 Å².